The molecule has 0 fully saturated rings. The maximum absolute atomic E-state index is 11.3. The second-order valence-electron chi connectivity index (χ2n) is 3.34. The van der Waals surface area contributed by atoms with Gasteiger partial charge in [0.15, 0.2) is 12.4 Å². The number of hydrogen-bond donors (Lipinski definition) is 0. The summed E-state index contributed by atoms with van der Waals surface area (Å²) in [5, 5.41) is 53.3. The minimum atomic E-state index is -1.75. The summed E-state index contributed by atoms with van der Waals surface area (Å²) in [7, 11) is 2.52. The van der Waals surface area contributed by atoms with Crippen LogP contribution in [-0.2, 0) is 0 Å². The molecule has 0 saturated carbocycles. The smallest absolute Gasteiger partial charge is 0.618 e. The maximum Gasteiger partial charge on any atom is 2.00 e. The van der Waals surface area contributed by atoms with Crippen molar-refractivity contribution in [2.24, 2.45) is 0 Å². The van der Waals surface area contributed by atoms with Crippen molar-refractivity contribution in [2.45, 2.75) is 10.1 Å². The molecule has 0 N–H and O–H groups in total. The second kappa shape index (κ2) is 14.6. The molecule has 0 spiro atoms. The van der Waals surface area contributed by atoms with Gasteiger partial charge in [0.2, 0.25) is 0 Å². The molecule has 0 radical (unpaired) electrons. The van der Waals surface area contributed by atoms with Crippen LogP contribution >= 0.6 is 21.6 Å². The molecule has 0 aliphatic heterocycles. The summed E-state index contributed by atoms with van der Waals surface area (Å²) in [4.78, 5) is 16.5. The van der Waals surface area contributed by atoms with E-state index >= 15 is 0 Å². The number of hydrogen-bond acceptors (Lipinski definition) is 10. The van der Waals surface area contributed by atoms with Gasteiger partial charge in [-0.05, 0) is 12.1 Å². The van der Waals surface area contributed by atoms with E-state index in [2.05, 4.69) is 0 Å². The Balaban J connectivity index is 0. The van der Waals surface area contributed by atoms with Crippen LogP contribution in [0.5, 0.6) is 0 Å². The molecular formula is C10H8CaN4O8S2. The van der Waals surface area contributed by atoms with Gasteiger partial charge in [-0.2, -0.15) is 9.46 Å². The van der Waals surface area contributed by atoms with Gasteiger partial charge >= 0.3 is 37.7 Å². The van der Waals surface area contributed by atoms with E-state index in [1.165, 1.54) is 34.0 Å². The summed E-state index contributed by atoms with van der Waals surface area (Å²) in [5.74, 6) is 0. The van der Waals surface area contributed by atoms with Gasteiger partial charge in [0, 0.05) is 45.9 Å². The second-order valence-corrected chi connectivity index (χ2v) is 5.51. The Bertz CT molecular complexity index is 615. The average Bonchev–Trinajstić information content (AvgIpc) is 2.47. The van der Waals surface area contributed by atoms with Crippen LogP contribution in [0.25, 0.3) is 0 Å². The third-order valence-electron chi connectivity index (χ3n) is 1.79. The fourth-order valence-corrected chi connectivity index (χ4v) is 3.03. The molecule has 2 aromatic rings. The largest absolute Gasteiger partial charge is 2.00 e. The van der Waals surface area contributed by atoms with Crippen LogP contribution in [0, 0.1) is 41.1 Å². The molecule has 0 aliphatic carbocycles. The molecule has 0 saturated heterocycles. The Morgan fingerprint density at radius 2 is 1.00 bits per heavy atom. The minimum Gasteiger partial charge on any atom is -0.618 e. The summed E-state index contributed by atoms with van der Waals surface area (Å²) in [6.45, 7) is 0. The fraction of sp³-hybridized carbons (Fsp3) is 0. The van der Waals surface area contributed by atoms with Crippen LogP contribution in [0.2, 0.25) is 0 Å². The van der Waals surface area contributed by atoms with E-state index < -0.39 is 10.2 Å². The first-order valence-corrected chi connectivity index (χ1v) is 7.73. The molecule has 2 aromatic heterocycles. The summed E-state index contributed by atoms with van der Waals surface area (Å²) < 4.78 is 1.55. The van der Waals surface area contributed by atoms with Crippen molar-refractivity contribution in [3.8, 4) is 0 Å². The van der Waals surface area contributed by atoms with Crippen molar-refractivity contribution in [1.29, 1.82) is 0 Å². The molecule has 0 bridgehead atoms. The molecule has 0 aromatic carbocycles. The van der Waals surface area contributed by atoms with Crippen LogP contribution in [0.1, 0.15) is 0 Å². The van der Waals surface area contributed by atoms with Crippen molar-refractivity contribution in [1.82, 2.24) is 0 Å². The van der Waals surface area contributed by atoms with Crippen LogP contribution in [0.15, 0.2) is 58.8 Å². The zero-order valence-electron chi connectivity index (χ0n) is 12.2. The zero-order valence-corrected chi connectivity index (χ0v) is 16.0. The van der Waals surface area contributed by atoms with E-state index in [9.17, 15) is 10.4 Å². The van der Waals surface area contributed by atoms with Crippen molar-refractivity contribution in [2.75, 3.05) is 0 Å². The monoisotopic (exact) mass is 416 g/mol. The molecule has 0 amide bonds. The summed E-state index contributed by atoms with van der Waals surface area (Å²) in [5.41, 5.74) is 0. The fourth-order valence-electron chi connectivity index (χ4n) is 1.04. The standard InChI is InChI=1S/C10H8N2O2S2.Ca.2NO3/c13-11-7-3-1-5-9(11)15-16-10-6-2-4-8-12(10)14;;2*2-1(3)4/h1-8H;;;/q;+2;2*-1. The molecule has 2 rings (SSSR count). The molecule has 0 unspecified atom stereocenters. The van der Waals surface area contributed by atoms with E-state index in [4.69, 9.17) is 30.6 Å². The Labute approximate surface area is 177 Å². The van der Waals surface area contributed by atoms with Crippen LogP contribution < -0.4 is 9.46 Å². The van der Waals surface area contributed by atoms with Crippen molar-refractivity contribution < 1.29 is 19.6 Å². The number of rotatable bonds is 3. The first-order chi connectivity index (χ1) is 11.2. The number of pyridine rings is 2. The third-order valence-corrected chi connectivity index (χ3v) is 4.12. The molecule has 2 heterocycles. The van der Waals surface area contributed by atoms with Gasteiger partial charge in [0.1, 0.15) is 0 Å². The van der Waals surface area contributed by atoms with Crippen molar-refractivity contribution >= 4 is 59.3 Å². The Morgan fingerprint density at radius 1 is 0.720 bits per heavy atom. The minimum absolute atomic E-state index is 0. The number of nitrogens with zero attached hydrogens (tertiary/aromatic N) is 4. The first kappa shape index (κ1) is 25.5. The Morgan fingerprint density at radius 3 is 1.24 bits per heavy atom. The normalized spacial score (nSPS) is 8.48. The Hall–Kier alpha value is -1.74. The summed E-state index contributed by atoms with van der Waals surface area (Å²) >= 11 is 0. The quantitative estimate of drug-likeness (QED) is 0.174. The SMILES string of the molecule is O=[N+]([O-])[O-].O=[N+]([O-])[O-].[Ca+2].[O-][n+]1ccccc1SSc1cccc[n+]1[O-]. The van der Waals surface area contributed by atoms with Gasteiger partial charge in [-0.1, -0.05) is 0 Å². The molecular weight excluding hydrogens is 408 g/mol. The van der Waals surface area contributed by atoms with E-state index in [1.807, 2.05) is 0 Å². The molecule has 25 heavy (non-hydrogen) atoms. The predicted octanol–water partition coefficient (Wildman–Crippen LogP) is 0.894. The van der Waals surface area contributed by atoms with Gasteiger partial charge in [-0.3, -0.25) is 0 Å². The van der Waals surface area contributed by atoms with Gasteiger partial charge in [-0.25, -0.2) is 0 Å². The van der Waals surface area contributed by atoms with E-state index in [0.29, 0.717) is 10.1 Å². The van der Waals surface area contributed by atoms with Crippen molar-refractivity contribution in [3.63, 3.8) is 0 Å². The molecule has 15 heteroatoms. The van der Waals surface area contributed by atoms with Gasteiger partial charge in [0.25, 0.3) is 10.1 Å². The van der Waals surface area contributed by atoms with Gasteiger partial charge < -0.3 is 41.1 Å². The molecule has 0 aliphatic rings. The predicted molar refractivity (Wildman–Crippen MR) is 89.0 cm³/mol. The Kier molecular flexibility index (Phi) is 14.9. The molecule has 130 valence electrons. The van der Waals surface area contributed by atoms with Crippen LogP contribution in [-0.4, -0.2) is 47.9 Å². The topological polar surface area (TPSA) is 186 Å². The number of aromatic nitrogens is 2. The van der Waals surface area contributed by atoms with Gasteiger partial charge in [-0.15, -0.1) is 0 Å². The first-order valence-electron chi connectivity index (χ1n) is 5.58. The summed E-state index contributed by atoms with van der Waals surface area (Å²) in [6, 6.07) is 10.3. The van der Waals surface area contributed by atoms with E-state index in [0.717, 1.165) is 9.46 Å². The van der Waals surface area contributed by atoms with E-state index in [-0.39, 0.29) is 37.7 Å². The van der Waals surface area contributed by atoms with Crippen LogP contribution in [0.3, 0.4) is 0 Å². The molecule has 0 atom stereocenters. The zero-order chi connectivity index (χ0) is 18.5. The third kappa shape index (κ3) is 14.3. The molecule has 12 nitrogen and oxygen atoms in total. The maximum atomic E-state index is 11.3. The van der Waals surface area contributed by atoms with E-state index in [1.54, 1.807) is 36.4 Å². The average molecular weight is 416 g/mol. The van der Waals surface area contributed by atoms with Crippen LogP contribution in [0.4, 0.5) is 0 Å². The van der Waals surface area contributed by atoms with Crippen molar-refractivity contribution in [3.05, 3.63) is 89.8 Å². The summed E-state index contributed by atoms with van der Waals surface area (Å²) in [6.07, 6.45) is 2.86. The van der Waals surface area contributed by atoms with Gasteiger partial charge in [0.05, 0.1) is 10.2 Å².